The Hall–Kier alpha value is -1.78. The lowest BCUT2D eigenvalue weighted by Crippen LogP contribution is -2.21. The van der Waals surface area contributed by atoms with E-state index in [-0.39, 0.29) is 6.10 Å². The van der Waals surface area contributed by atoms with Crippen molar-refractivity contribution in [3.05, 3.63) is 53.2 Å². The number of rotatable bonds is 8. The molecule has 4 nitrogen and oxygen atoms in total. The third kappa shape index (κ3) is 5.54. The van der Waals surface area contributed by atoms with Gasteiger partial charge in [-0.05, 0) is 38.1 Å². The van der Waals surface area contributed by atoms with Crippen molar-refractivity contribution in [2.45, 2.75) is 26.5 Å². The van der Waals surface area contributed by atoms with E-state index in [0.29, 0.717) is 30.6 Å². The van der Waals surface area contributed by atoms with Gasteiger partial charge in [0.2, 0.25) is 5.88 Å². The van der Waals surface area contributed by atoms with E-state index in [1.807, 2.05) is 50.2 Å². The molecule has 0 spiro atoms. The van der Waals surface area contributed by atoms with Crippen LogP contribution < -0.4 is 14.8 Å². The van der Waals surface area contributed by atoms with E-state index in [1.165, 1.54) is 0 Å². The highest BCUT2D eigenvalue weighted by molar-refractivity contribution is 6.30. The molecule has 1 aromatic carbocycles. The van der Waals surface area contributed by atoms with E-state index >= 15 is 0 Å². The van der Waals surface area contributed by atoms with E-state index in [9.17, 15) is 0 Å². The number of pyridine rings is 1. The van der Waals surface area contributed by atoms with Crippen LogP contribution in [0.15, 0.2) is 42.6 Å². The SMILES string of the molecule is CC(C)Oc1ccc(Cl)cc1CNCCOc1ccccn1. The quantitative estimate of drug-likeness (QED) is 0.753. The predicted octanol–water partition coefficient (Wildman–Crippen LogP) is 3.69. The zero-order valence-electron chi connectivity index (χ0n) is 12.9. The van der Waals surface area contributed by atoms with Crippen LogP contribution in [0.25, 0.3) is 0 Å². The summed E-state index contributed by atoms with van der Waals surface area (Å²) in [6.45, 7) is 5.95. The highest BCUT2D eigenvalue weighted by Gasteiger charge is 2.06. The van der Waals surface area contributed by atoms with Crippen LogP contribution in [0, 0.1) is 0 Å². The summed E-state index contributed by atoms with van der Waals surface area (Å²) in [4.78, 5) is 4.11. The fourth-order valence-electron chi connectivity index (χ4n) is 1.94. The normalized spacial score (nSPS) is 10.7. The summed E-state index contributed by atoms with van der Waals surface area (Å²) in [5.41, 5.74) is 1.04. The molecule has 1 heterocycles. The van der Waals surface area contributed by atoms with Crippen molar-refractivity contribution in [1.29, 1.82) is 0 Å². The smallest absolute Gasteiger partial charge is 0.213 e. The van der Waals surface area contributed by atoms with Crippen LogP contribution in [0.5, 0.6) is 11.6 Å². The first-order valence-corrected chi connectivity index (χ1v) is 7.72. The molecule has 1 aromatic heterocycles. The summed E-state index contributed by atoms with van der Waals surface area (Å²) in [6.07, 6.45) is 1.84. The molecular weight excluding hydrogens is 300 g/mol. The number of benzene rings is 1. The van der Waals surface area contributed by atoms with Gasteiger partial charge in [-0.2, -0.15) is 0 Å². The Bertz CT molecular complexity index is 576. The maximum Gasteiger partial charge on any atom is 0.213 e. The fraction of sp³-hybridized carbons (Fsp3) is 0.353. The molecule has 2 rings (SSSR count). The minimum atomic E-state index is 0.132. The van der Waals surface area contributed by atoms with Gasteiger partial charge in [-0.15, -0.1) is 0 Å². The second-order valence-electron chi connectivity index (χ2n) is 5.11. The molecular formula is C17H21ClN2O2. The minimum Gasteiger partial charge on any atom is -0.491 e. The number of hydrogen-bond donors (Lipinski definition) is 1. The van der Waals surface area contributed by atoms with Crippen LogP contribution in [0.4, 0.5) is 0 Å². The van der Waals surface area contributed by atoms with Gasteiger partial charge in [0.1, 0.15) is 12.4 Å². The molecule has 0 aliphatic rings. The van der Waals surface area contributed by atoms with Crippen LogP contribution in [0.3, 0.4) is 0 Å². The van der Waals surface area contributed by atoms with Crippen LogP contribution in [0.2, 0.25) is 5.02 Å². The molecule has 0 saturated heterocycles. The summed E-state index contributed by atoms with van der Waals surface area (Å²) < 4.78 is 11.3. The number of ether oxygens (including phenoxy) is 2. The molecule has 0 aliphatic carbocycles. The van der Waals surface area contributed by atoms with Gasteiger partial charge in [0.15, 0.2) is 0 Å². The van der Waals surface area contributed by atoms with Gasteiger partial charge in [0.25, 0.3) is 0 Å². The molecule has 0 atom stereocenters. The Kier molecular flexibility index (Phi) is 6.49. The van der Waals surface area contributed by atoms with Gasteiger partial charge in [0.05, 0.1) is 6.10 Å². The summed E-state index contributed by atoms with van der Waals surface area (Å²) >= 11 is 6.06. The molecule has 22 heavy (non-hydrogen) atoms. The standard InChI is InChI=1S/C17H21ClN2O2/c1-13(2)22-16-7-6-15(18)11-14(16)12-19-9-10-21-17-5-3-4-8-20-17/h3-8,11,13,19H,9-10,12H2,1-2H3. The van der Waals surface area contributed by atoms with E-state index in [1.54, 1.807) is 6.20 Å². The number of aromatic nitrogens is 1. The van der Waals surface area contributed by atoms with Crippen molar-refractivity contribution in [2.75, 3.05) is 13.2 Å². The van der Waals surface area contributed by atoms with Gasteiger partial charge in [-0.3, -0.25) is 0 Å². The minimum absolute atomic E-state index is 0.132. The van der Waals surface area contributed by atoms with Crippen molar-refractivity contribution >= 4 is 11.6 Å². The molecule has 0 saturated carbocycles. The van der Waals surface area contributed by atoms with E-state index in [4.69, 9.17) is 21.1 Å². The number of hydrogen-bond acceptors (Lipinski definition) is 4. The number of nitrogens with zero attached hydrogens (tertiary/aromatic N) is 1. The first-order chi connectivity index (χ1) is 10.6. The molecule has 0 radical (unpaired) electrons. The first-order valence-electron chi connectivity index (χ1n) is 7.35. The molecule has 5 heteroatoms. The average molecular weight is 321 g/mol. The van der Waals surface area contributed by atoms with Crippen molar-refractivity contribution < 1.29 is 9.47 Å². The molecule has 0 fully saturated rings. The lowest BCUT2D eigenvalue weighted by Gasteiger charge is -2.15. The highest BCUT2D eigenvalue weighted by Crippen LogP contribution is 2.23. The summed E-state index contributed by atoms with van der Waals surface area (Å²) in [7, 11) is 0. The van der Waals surface area contributed by atoms with Crippen LogP contribution in [-0.4, -0.2) is 24.2 Å². The third-order valence-electron chi connectivity index (χ3n) is 2.87. The first kappa shape index (κ1) is 16.6. The van der Waals surface area contributed by atoms with Crippen molar-refractivity contribution in [3.8, 4) is 11.6 Å². The largest absolute Gasteiger partial charge is 0.491 e. The van der Waals surface area contributed by atoms with Crippen molar-refractivity contribution in [2.24, 2.45) is 0 Å². The predicted molar refractivity (Wildman–Crippen MR) is 88.7 cm³/mol. The Morgan fingerprint density at radius 2 is 2.09 bits per heavy atom. The molecule has 0 unspecified atom stereocenters. The zero-order chi connectivity index (χ0) is 15.8. The Morgan fingerprint density at radius 3 is 2.82 bits per heavy atom. The second-order valence-corrected chi connectivity index (χ2v) is 5.55. The van der Waals surface area contributed by atoms with Gasteiger partial charge in [-0.25, -0.2) is 4.98 Å². The molecule has 0 amide bonds. The van der Waals surface area contributed by atoms with Gasteiger partial charge in [0, 0.05) is 35.9 Å². The van der Waals surface area contributed by atoms with Crippen molar-refractivity contribution in [1.82, 2.24) is 10.3 Å². The monoisotopic (exact) mass is 320 g/mol. The summed E-state index contributed by atoms with van der Waals surface area (Å²) in [6, 6.07) is 11.3. The molecule has 0 bridgehead atoms. The average Bonchev–Trinajstić information content (AvgIpc) is 2.50. The van der Waals surface area contributed by atoms with Gasteiger partial charge < -0.3 is 14.8 Å². The summed E-state index contributed by atoms with van der Waals surface area (Å²) in [5.74, 6) is 1.49. The number of nitrogens with one attached hydrogen (secondary N) is 1. The maximum absolute atomic E-state index is 6.06. The Balaban J connectivity index is 1.79. The topological polar surface area (TPSA) is 43.4 Å². The van der Waals surface area contributed by atoms with Crippen LogP contribution in [-0.2, 0) is 6.54 Å². The van der Waals surface area contributed by atoms with E-state index < -0.39 is 0 Å². The zero-order valence-corrected chi connectivity index (χ0v) is 13.6. The molecule has 0 aliphatic heterocycles. The van der Waals surface area contributed by atoms with Crippen LogP contribution >= 0.6 is 11.6 Å². The third-order valence-corrected chi connectivity index (χ3v) is 3.10. The fourth-order valence-corrected chi connectivity index (χ4v) is 2.13. The van der Waals surface area contributed by atoms with Gasteiger partial charge in [-0.1, -0.05) is 17.7 Å². The second kappa shape index (κ2) is 8.61. The Labute approximate surface area is 136 Å². The molecule has 1 N–H and O–H groups in total. The maximum atomic E-state index is 6.06. The van der Waals surface area contributed by atoms with Crippen LogP contribution in [0.1, 0.15) is 19.4 Å². The Morgan fingerprint density at radius 1 is 1.23 bits per heavy atom. The number of halogens is 1. The summed E-state index contributed by atoms with van der Waals surface area (Å²) in [5, 5.41) is 4.03. The van der Waals surface area contributed by atoms with E-state index in [0.717, 1.165) is 11.3 Å². The lowest BCUT2D eigenvalue weighted by molar-refractivity contribution is 0.239. The van der Waals surface area contributed by atoms with E-state index in [2.05, 4.69) is 10.3 Å². The van der Waals surface area contributed by atoms with Crippen molar-refractivity contribution in [3.63, 3.8) is 0 Å². The highest BCUT2D eigenvalue weighted by atomic mass is 35.5. The van der Waals surface area contributed by atoms with Gasteiger partial charge >= 0.3 is 0 Å². The molecule has 118 valence electrons. The molecule has 2 aromatic rings. The lowest BCUT2D eigenvalue weighted by atomic mass is 10.2.